The van der Waals surface area contributed by atoms with Gasteiger partial charge in [-0.2, -0.15) is 0 Å². The van der Waals surface area contributed by atoms with Gasteiger partial charge in [-0.05, 0) is 38.5 Å². The summed E-state index contributed by atoms with van der Waals surface area (Å²) in [4.78, 5) is 10.4. The van der Waals surface area contributed by atoms with Crippen LogP contribution in [0.25, 0.3) is 0 Å². The van der Waals surface area contributed by atoms with Crippen LogP contribution in [0.4, 0.5) is 0 Å². The van der Waals surface area contributed by atoms with E-state index in [-0.39, 0.29) is 6.10 Å². The number of aliphatic hydroxyl groups is 1. The molecule has 3 heteroatoms. The van der Waals surface area contributed by atoms with Gasteiger partial charge >= 0.3 is 5.97 Å². The van der Waals surface area contributed by atoms with Crippen LogP contribution in [0.1, 0.15) is 155 Å². The summed E-state index contributed by atoms with van der Waals surface area (Å²) in [6.07, 6.45) is 35.8. The smallest absolute Gasteiger partial charge is 0.303 e. The first-order chi connectivity index (χ1) is 16.2. The van der Waals surface area contributed by atoms with Crippen molar-refractivity contribution in [2.24, 2.45) is 0 Å². The number of hydrogen-bond acceptors (Lipinski definition) is 2. The average molecular weight is 465 g/mol. The van der Waals surface area contributed by atoms with E-state index in [1.807, 2.05) is 0 Å². The highest BCUT2D eigenvalue weighted by Gasteiger charge is 2.01. The molecule has 0 aliphatic rings. The Kier molecular flexibility index (Phi) is 26.3. The minimum Gasteiger partial charge on any atom is -0.481 e. The van der Waals surface area contributed by atoms with E-state index in [0.717, 1.165) is 44.9 Å². The number of unbranched alkanes of at least 4 members (excludes halogenated alkanes) is 17. The fourth-order valence-corrected chi connectivity index (χ4v) is 4.23. The fraction of sp³-hybridized carbons (Fsp3) is 0.833. The van der Waals surface area contributed by atoms with Gasteiger partial charge in [0.25, 0.3) is 0 Å². The molecule has 0 fully saturated rings. The predicted molar refractivity (Wildman–Crippen MR) is 144 cm³/mol. The Hall–Kier alpha value is -1.09. The summed E-state index contributed by atoms with van der Waals surface area (Å²) in [6.45, 7) is 2.28. The summed E-state index contributed by atoms with van der Waals surface area (Å²) in [5.74, 6) is -0.681. The molecule has 0 spiro atoms. The van der Waals surface area contributed by atoms with Crippen molar-refractivity contribution in [1.29, 1.82) is 0 Å². The molecule has 0 aliphatic heterocycles. The lowest BCUT2D eigenvalue weighted by molar-refractivity contribution is -0.137. The molecule has 33 heavy (non-hydrogen) atoms. The number of aliphatic carboxylic acids is 1. The predicted octanol–water partition coefficient (Wildman–Crippen LogP) is 9.54. The zero-order valence-corrected chi connectivity index (χ0v) is 22.0. The van der Waals surface area contributed by atoms with Gasteiger partial charge in [0.1, 0.15) is 0 Å². The maximum Gasteiger partial charge on any atom is 0.303 e. The lowest BCUT2D eigenvalue weighted by Gasteiger charge is -2.07. The molecule has 0 bridgehead atoms. The van der Waals surface area contributed by atoms with Crippen LogP contribution in [-0.4, -0.2) is 22.3 Å². The van der Waals surface area contributed by atoms with Crippen LogP contribution in [0.5, 0.6) is 0 Å². The number of carbonyl (C=O) groups is 1. The van der Waals surface area contributed by atoms with E-state index in [9.17, 15) is 9.90 Å². The van der Waals surface area contributed by atoms with Crippen LogP contribution in [0.3, 0.4) is 0 Å². The van der Waals surface area contributed by atoms with Crippen LogP contribution in [0.2, 0.25) is 0 Å². The van der Waals surface area contributed by atoms with Crippen LogP contribution < -0.4 is 0 Å². The normalized spacial score (nSPS) is 12.8. The summed E-state index contributed by atoms with van der Waals surface area (Å²) in [6, 6.07) is 0. The van der Waals surface area contributed by atoms with E-state index in [0.29, 0.717) is 6.42 Å². The van der Waals surface area contributed by atoms with Gasteiger partial charge in [-0.1, -0.05) is 134 Å². The van der Waals surface area contributed by atoms with Gasteiger partial charge in [-0.25, -0.2) is 0 Å². The van der Waals surface area contributed by atoms with Gasteiger partial charge in [0.15, 0.2) is 0 Å². The largest absolute Gasteiger partial charge is 0.481 e. The van der Waals surface area contributed by atoms with Gasteiger partial charge in [0.2, 0.25) is 0 Å². The Morgan fingerprint density at radius 3 is 1.70 bits per heavy atom. The third kappa shape index (κ3) is 28.9. The zero-order chi connectivity index (χ0) is 24.2. The number of carboxylic acids is 1. The third-order valence-electron chi connectivity index (χ3n) is 6.42. The highest BCUT2D eigenvalue weighted by atomic mass is 16.4. The van der Waals surface area contributed by atoms with Crippen molar-refractivity contribution < 1.29 is 15.0 Å². The standard InChI is InChI=1S/C30H56O3/c1-2-3-4-5-6-7-8-9-10-11-12-13-14-17-20-23-26-29(31)27-24-21-18-15-16-19-22-25-28-30(32)33/h13-14,20,23,29,31H,2-12,15-19,21-22,24-28H2,1H3,(H,32,33). The minimum atomic E-state index is -0.681. The molecule has 0 rings (SSSR count). The summed E-state index contributed by atoms with van der Waals surface area (Å²) in [7, 11) is 0. The Labute approximate surface area is 206 Å². The van der Waals surface area contributed by atoms with Gasteiger partial charge in [-0.15, -0.1) is 0 Å². The molecule has 2 N–H and O–H groups in total. The van der Waals surface area contributed by atoms with Gasteiger partial charge < -0.3 is 10.2 Å². The van der Waals surface area contributed by atoms with E-state index >= 15 is 0 Å². The number of hydrogen-bond donors (Lipinski definition) is 2. The van der Waals surface area contributed by atoms with E-state index < -0.39 is 5.97 Å². The molecule has 0 aliphatic carbocycles. The second-order valence-electron chi connectivity index (χ2n) is 9.80. The first-order valence-corrected chi connectivity index (χ1v) is 14.4. The maximum atomic E-state index is 10.4. The minimum absolute atomic E-state index is 0.201. The lowest BCUT2D eigenvalue weighted by Crippen LogP contribution is -2.04. The van der Waals surface area contributed by atoms with Crippen molar-refractivity contribution in [2.75, 3.05) is 0 Å². The van der Waals surface area contributed by atoms with Crippen molar-refractivity contribution in [3.63, 3.8) is 0 Å². The maximum absolute atomic E-state index is 10.4. The second kappa shape index (κ2) is 27.2. The first kappa shape index (κ1) is 31.9. The highest BCUT2D eigenvalue weighted by Crippen LogP contribution is 2.13. The quantitative estimate of drug-likeness (QED) is 0.0989. The van der Waals surface area contributed by atoms with E-state index in [1.165, 1.54) is 96.3 Å². The first-order valence-electron chi connectivity index (χ1n) is 14.4. The molecule has 0 aromatic rings. The van der Waals surface area contributed by atoms with E-state index in [2.05, 4.69) is 31.2 Å². The van der Waals surface area contributed by atoms with Gasteiger partial charge in [-0.3, -0.25) is 4.79 Å². The van der Waals surface area contributed by atoms with Crippen molar-refractivity contribution in [1.82, 2.24) is 0 Å². The van der Waals surface area contributed by atoms with Crippen molar-refractivity contribution in [3.8, 4) is 0 Å². The topological polar surface area (TPSA) is 57.5 Å². The molecule has 0 aromatic heterocycles. The summed E-state index contributed by atoms with van der Waals surface area (Å²) >= 11 is 0. The molecule has 0 amide bonds. The Balaban J connectivity index is 3.31. The summed E-state index contributed by atoms with van der Waals surface area (Å²) in [5.41, 5.74) is 0. The second-order valence-corrected chi connectivity index (χ2v) is 9.80. The molecule has 0 aromatic carbocycles. The molecule has 0 saturated carbocycles. The highest BCUT2D eigenvalue weighted by molar-refractivity contribution is 5.66. The third-order valence-corrected chi connectivity index (χ3v) is 6.42. The van der Waals surface area contributed by atoms with Crippen molar-refractivity contribution in [2.45, 2.75) is 161 Å². The van der Waals surface area contributed by atoms with Crippen molar-refractivity contribution in [3.05, 3.63) is 24.3 Å². The van der Waals surface area contributed by atoms with Gasteiger partial charge in [0, 0.05) is 6.42 Å². The Morgan fingerprint density at radius 2 is 1.12 bits per heavy atom. The van der Waals surface area contributed by atoms with Crippen molar-refractivity contribution >= 4 is 5.97 Å². The molecule has 0 heterocycles. The number of rotatable bonds is 26. The molecule has 194 valence electrons. The van der Waals surface area contributed by atoms with Crippen LogP contribution in [0, 0.1) is 0 Å². The van der Waals surface area contributed by atoms with Crippen LogP contribution >= 0.6 is 0 Å². The Morgan fingerprint density at radius 1 is 0.636 bits per heavy atom. The monoisotopic (exact) mass is 464 g/mol. The molecule has 1 unspecified atom stereocenters. The van der Waals surface area contributed by atoms with E-state index in [1.54, 1.807) is 0 Å². The average Bonchev–Trinajstić information content (AvgIpc) is 2.79. The Bertz CT molecular complexity index is 455. The molecule has 1 atom stereocenters. The number of allylic oxidation sites excluding steroid dienone is 3. The summed E-state index contributed by atoms with van der Waals surface area (Å²) in [5, 5.41) is 18.7. The van der Waals surface area contributed by atoms with Crippen LogP contribution in [0.15, 0.2) is 24.3 Å². The SMILES string of the molecule is CCCCCCCCCCCCC=CCC=CCC(O)CCCCCCCCCCC(=O)O. The molecule has 3 nitrogen and oxygen atoms in total. The number of aliphatic hydroxyl groups excluding tert-OH is 1. The molecule has 0 radical (unpaired) electrons. The van der Waals surface area contributed by atoms with E-state index in [4.69, 9.17) is 5.11 Å². The number of carboxylic acid groups (broad SMARTS) is 1. The zero-order valence-electron chi connectivity index (χ0n) is 22.0. The molecular weight excluding hydrogens is 408 g/mol. The van der Waals surface area contributed by atoms with Crippen LogP contribution in [-0.2, 0) is 4.79 Å². The lowest BCUT2D eigenvalue weighted by atomic mass is 10.0. The fourth-order valence-electron chi connectivity index (χ4n) is 4.23. The van der Waals surface area contributed by atoms with Gasteiger partial charge in [0.05, 0.1) is 6.10 Å². The molecule has 0 saturated heterocycles. The summed E-state index contributed by atoms with van der Waals surface area (Å²) < 4.78 is 0. The molecular formula is C30H56O3.